The largest absolute Gasteiger partial charge is 0.481 e. The fourth-order valence-corrected chi connectivity index (χ4v) is 2.28. The van der Waals surface area contributed by atoms with Gasteiger partial charge in [-0.2, -0.15) is 0 Å². The van der Waals surface area contributed by atoms with Crippen LogP contribution in [0.25, 0.3) is 17.2 Å². The van der Waals surface area contributed by atoms with Crippen LogP contribution >= 0.6 is 0 Å². The maximum Gasteiger partial charge on any atom is 0.213 e. The predicted molar refractivity (Wildman–Crippen MR) is 80.6 cm³/mol. The van der Waals surface area contributed by atoms with E-state index in [0.717, 1.165) is 22.8 Å². The molecule has 21 heavy (non-hydrogen) atoms. The van der Waals surface area contributed by atoms with Gasteiger partial charge in [-0.25, -0.2) is 4.98 Å². The lowest BCUT2D eigenvalue weighted by atomic mass is 10.2. The molecule has 2 aromatic heterocycles. The molecule has 3 rings (SSSR count). The molecule has 5 nitrogen and oxygen atoms in total. The number of ether oxygens (including phenoxy) is 1. The third-order valence-corrected chi connectivity index (χ3v) is 3.34. The van der Waals surface area contributed by atoms with Crippen LogP contribution in [-0.4, -0.2) is 26.9 Å². The molecule has 0 spiro atoms. The van der Waals surface area contributed by atoms with Crippen LogP contribution < -0.4 is 4.74 Å². The van der Waals surface area contributed by atoms with Crippen molar-refractivity contribution in [3.05, 3.63) is 53.9 Å². The second-order valence-electron chi connectivity index (χ2n) is 4.76. The predicted octanol–water partition coefficient (Wildman–Crippen LogP) is 2.95. The Balaban J connectivity index is 2.20. The van der Waals surface area contributed by atoms with Gasteiger partial charge in [0.2, 0.25) is 5.88 Å². The number of nitrogens with zero attached hydrogens (tertiary/aromatic N) is 4. The van der Waals surface area contributed by atoms with Gasteiger partial charge in [-0.3, -0.25) is 4.57 Å². The summed E-state index contributed by atoms with van der Waals surface area (Å²) in [6.45, 7) is 4.00. The fourth-order valence-electron chi connectivity index (χ4n) is 2.28. The van der Waals surface area contributed by atoms with Gasteiger partial charge in [0.15, 0.2) is 5.82 Å². The smallest absolute Gasteiger partial charge is 0.213 e. The number of methoxy groups -OCH3 is 1. The maximum absolute atomic E-state index is 5.18. The number of aromatic nitrogens is 4. The highest BCUT2D eigenvalue weighted by molar-refractivity contribution is 5.56. The molecular weight excluding hydrogens is 264 g/mol. The first-order valence-electron chi connectivity index (χ1n) is 6.70. The summed E-state index contributed by atoms with van der Waals surface area (Å²) >= 11 is 0. The van der Waals surface area contributed by atoms with Gasteiger partial charge in [-0.05, 0) is 31.5 Å². The summed E-state index contributed by atoms with van der Waals surface area (Å²) in [5, 5.41) is 8.47. The van der Waals surface area contributed by atoms with E-state index in [1.54, 1.807) is 7.11 Å². The maximum atomic E-state index is 5.18. The van der Waals surface area contributed by atoms with Crippen molar-refractivity contribution >= 4 is 0 Å². The summed E-state index contributed by atoms with van der Waals surface area (Å²) in [7, 11) is 1.60. The lowest BCUT2D eigenvalue weighted by Crippen LogP contribution is -2.03. The number of para-hydroxylation sites is 1. The summed E-state index contributed by atoms with van der Waals surface area (Å²) in [6.07, 6.45) is 0. The van der Waals surface area contributed by atoms with Gasteiger partial charge in [0, 0.05) is 6.07 Å². The Kier molecular flexibility index (Phi) is 3.39. The van der Waals surface area contributed by atoms with Crippen LogP contribution in [0.5, 0.6) is 5.88 Å². The standard InChI is InChI=1S/C16H16N4O/c1-11-7-4-5-9-14(11)20-12(2)18-19-16(20)13-8-6-10-15(17-13)21-3/h4-10H,1-3H3. The molecule has 0 aliphatic carbocycles. The molecule has 3 aromatic rings. The van der Waals surface area contributed by atoms with Crippen molar-refractivity contribution in [1.29, 1.82) is 0 Å². The minimum Gasteiger partial charge on any atom is -0.481 e. The van der Waals surface area contributed by atoms with Crippen LogP contribution in [-0.2, 0) is 0 Å². The van der Waals surface area contributed by atoms with Crippen molar-refractivity contribution in [3.63, 3.8) is 0 Å². The molecule has 0 N–H and O–H groups in total. The molecule has 0 saturated heterocycles. The van der Waals surface area contributed by atoms with E-state index < -0.39 is 0 Å². The first kappa shape index (κ1) is 13.3. The monoisotopic (exact) mass is 280 g/mol. The molecule has 1 aromatic carbocycles. The topological polar surface area (TPSA) is 52.8 Å². The Morgan fingerprint density at radius 3 is 2.52 bits per heavy atom. The molecule has 0 amide bonds. The highest BCUT2D eigenvalue weighted by atomic mass is 16.5. The number of pyridine rings is 1. The van der Waals surface area contributed by atoms with Gasteiger partial charge in [-0.15, -0.1) is 10.2 Å². The van der Waals surface area contributed by atoms with Gasteiger partial charge in [0.25, 0.3) is 0 Å². The summed E-state index contributed by atoms with van der Waals surface area (Å²) in [4.78, 5) is 4.45. The Hall–Kier alpha value is -2.69. The summed E-state index contributed by atoms with van der Waals surface area (Å²) in [5.74, 6) is 2.09. The second-order valence-corrected chi connectivity index (χ2v) is 4.76. The lowest BCUT2D eigenvalue weighted by Gasteiger charge is -2.11. The van der Waals surface area contributed by atoms with Crippen LogP contribution in [0, 0.1) is 13.8 Å². The highest BCUT2D eigenvalue weighted by Crippen LogP contribution is 2.24. The molecule has 0 bridgehead atoms. The Morgan fingerprint density at radius 2 is 1.76 bits per heavy atom. The fraction of sp³-hybridized carbons (Fsp3) is 0.188. The Labute approximate surface area is 123 Å². The quantitative estimate of drug-likeness (QED) is 0.740. The zero-order valence-corrected chi connectivity index (χ0v) is 12.2. The first-order valence-corrected chi connectivity index (χ1v) is 6.70. The summed E-state index contributed by atoms with van der Waals surface area (Å²) in [6, 6.07) is 13.7. The summed E-state index contributed by atoms with van der Waals surface area (Å²) in [5.41, 5.74) is 2.95. The summed E-state index contributed by atoms with van der Waals surface area (Å²) < 4.78 is 7.19. The van der Waals surface area contributed by atoms with E-state index >= 15 is 0 Å². The number of benzene rings is 1. The van der Waals surface area contributed by atoms with Crippen LogP contribution in [0.2, 0.25) is 0 Å². The van der Waals surface area contributed by atoms with Crippen molar-refractivity contribution in [3.8, 4) is 23.1 Å². The minimum absolute atomic E-state index is 0.560. The van der Waals surface area contributed by atoms with E-state index in [2.05, 4.69) is 34.2 Å². The molecule has 0 saturated carbocycles. The molecule has 0 fully saturated rings. The molecule has 0 aliphatic heterocycles. The molecule has 5 heteroatoms. The second kappa shape index (κ2) is 5.36. The zero-order chi connectivity index (χ0) is 14.8. The Bertz CT molecular complexity index is 779. The third kappa shape index (κ3) is 2.38. The SMILES string of the molecule is COc1cccc(-c2nnc(C)n2-c2ccccc2C)n1. The van der Waals surface area contributed by atoms with Crippen molar-refractivity contribution in [2.75, 3.05) is 7.11 Å². The lowest BCUT2D eigenvalue weighted by molar-refractivity contribution is 0.398. The van der Waals surface area contributed by atoms with Gasteiger partial charge < -0.3 is 4.74 Å². The molecule has 2 heterocycles. The van der Waals surface area contributed by atoms with E-state index in [0.29, 0.717) is 11.7 Å². The van der Waals surface area contributed by atoms with Gasteiger partial charge in [0.05, 0.1) is 12.8 Å². The number of rotatable bonds is 3. The number of hydrogen-bond donors (Lipinski definition) is 0. The van der Waals surface area contributed by atoms with Crippen molar-refractivity contribution in [2.24, 2.45) is 0 Å². The van der Waals surface area contributed by atoms with Gasteiger partial charge in [-0.1, -0.05) is 24.3 Å². The zero-order valence-electron chi connectivity index (χ0n) is 12.2. The highest BCUT2D eigenvalue weighted by Gasteiger charge is 2.15. The molecule has 0 unspecified atom stereocenters. The van der Waals surface area contributed by atoms with Crippen LogP contribution in [0.3, 0.4) is 0 Å². The van der Waals surface area contributed by atoms with Gasteiger partial charge in [0.1, 0.15) is 11.5 Å². The van der Waals surface area contributed by atoms with E-state index in [-0.39, 0.29) is 0 Å². The first-order chi connectivity index (χ1) is 10.2. The normalized spacial score (nSPS) is 10.6. The van der Waals surface area contributed by atoms with E-state index in [1.807, 2.05) is 41.8 Å². The van der Waals surface area contributed by atoms with E-state index in [4.69, 9.17) is 4.74 Å². The number of hydrogen-bond acceptors (Lipinski definition) is 4. The average Bonchev–Trinajstić information content (AvgIpc) is 2.89. The van der Waals surface area contributed by atoms with E-state index in [9.17, 15) is 0 Å². The number of aryl methyl sites for hydroxylation is 2. The van der Waals surface area contributed by atoms with Crippen molar-refractivity contribution in [2.45, 2.75) is 13.8 Å². The van der Waals surface area contributed by atoms with E-state index in [1.165, 1.54) is 0 Å². The van der Waals surface area contributed by atoms with Gasteiger partial charge >= 0.3 is 0 Å². The van der Waals surface area contributed by atoms with Crippen LogP contribution in [0.1, 0.15) is 11.4 Å². The molecular formula is C16H16N4O. The molecule has 0 aliphatic rings. The molecule has 0 radical (unpaired) electrons. The third-order valence-electron chi connectivity index (χ3n) is 3.34. The minimum atomic E-state index is 0.560. The van der Waals surface area contributed by atoms with Crippen molar-refractivity contribution in [1.82, 2.24) is 19.7 Å². The molecule has 106 valence electrons. The average molecular weight is 280 g/mol. The van der Waals surface area contributed by atoms with Crippen LogP contribution in [0.4, 0.5) is 0 Å². The molecule has 0 atom stereocenters. The van der Waals surface area contributed by atoms with Crippen molar-refractivity contribution < 1.29 is 4.74 Å². The Morgan fingerprint density at radius 1 is 0.952 bits per heavy atom. The van der Waals surface area contributed by atoms with Crippen LogP contribution in [0.15, 0.2) is 42.5 Å².